The lowest BCUT2D eigenvalue weighted by Crippen LogP contribution is -2.25. The van der Waals surface area contributed by atoms with Crippen LogP contribution in [0.3, 0.4) is 0 Å². The normalized spacial score (nSPS) is 14.3. The van der Waals surface area contributed by atoms with Gasteiger partial charge >= 0.3 is 0 Å². The van der Waals surface area contributed by atoms with E-state index in [2.05, 4.69) is 85.0 Å². The van der Waals surface area contributed by atoms with Gasteiger partial charge in [-0.25, -0.2) is 0 Å². The smallest absolute Gasteiger partial charge is 0.0884 e. The molecule has 180 valence electrons. The van der Waals surface area contributed by atoms with Crippen molar-refractivity contribution in [3.8, 4) is 24.2 Å². The van der Waals surface area contributed by atoms with Crippen molar-refractivity contribution in [1.82, 2.24) is 0 Å². The Morgan fingerprint density at radius 2 is 1.41 bits per heavy atom. The summed E-state index contributed by atoms with van der Waals surface area (Å²) in [5.41, 5.74) is 12.1. The molecule has 1 aliphatic carbocycles. The van der Waals surface area contributed by atoms with E-state index in [0.29, 0.717) is 0 Å². The highest BCUT2D eigenvalue weighted by molar-refractivity contribution is 5.52. The van der Waals surface area contributed by atoms with Gasteiger partial charge in [0.25, 0.3) is 0 Å². The van der Waals surface area contributed by atoms with Crippen LogP contribution in [0.25, 0.3) is 10.4 Å². The number of fused-ring (bicyclic) bond motifs is 2. The van der Waals surface area contributed by atoms with Crippen LogP contribution < -0.4 is 0 Å². The van der Waals surface area contributed by atoms with E-state index in [-0.39, 0.29) is 22.7 Å². The molecule has 1 unspecified atom stereocenters. The van der Waals surface area contributed by atoms with Crippen molar-refractivity contribution in [3.63, 3.8) is 0 Å². The van der Waals surface area contributed by atoms with Crippen LogP contribution in [0.5, 0.6) is 0 Å². The maximum atomic E-state index is 7.86. The van der Waals surface area contributed by atoms with Gasteiger partial charge in [0.1, 0.15) is 0 Å². The van der Waals surface area contributed by atoms with Gasteiger partial charge in [0.2, 0.25) is 0 Å². The molecule has 0 heterocycles. The summed E-state index contributed by atoms with van der Waals surface area (Å²) in [5, 5.41) is 3.44. The highest BCUT2D eigenvalue weighted by Crippen LogP contribution is 2.31. The summed E-state index contributed by atoms with van der Waals surface area (Å²) in [5.74, 6) is 9.21. The van der Waals surface area contributed by atoms with Gasteiger partial charge in [-0.15, -0.1) is 12.3 Å². The molecule has 4 heteroatoms. The summed E-state index contributed by atoms with van der Waals surface area (Å²) in [6.45, 7) is 17.9. The molecule has 1 aliphatic rings. The van der Waals surface area contributed by atoms with E-state index >= 15 is 0 Å². The molecule has 34 heavy (non-hydrogen) atoms. The monoisotopic (exact) mass is 457 g/mol. The van der Waals surface area contributed by atoms with Crippen molar-refractivity contribution in [1.29, 1.82) is 0 Å². The molecule has 4 nitrogen and oxygen atoms in total. The Morgan fingerprint density at radius 1 is 0.912 bits per heavy atom. The maximum absolute atomic E-state index is 7.86. The lowest BCUT2D eigenvalue weighted by atomic mass is 9.92. The summed E-state index contributed by atoms with van der Waals surface area (Å²) in [6.07, 6.45) is 5.95. The minimum atomic E-state index is -0.241. The summed E-state index contributed by atoms with van der Waals surface area (Å²) in [6, 6.07) is 16.7. The standard InChI is InChI=1S/C20H20O.C6H10.C4H9N3/c1-20(2,3)21-19-14-17-10-5-4-8-15(17)12-13-16-9-6-7-11-18(16)19;1-5-6(2,3)4;1-4(2,3)6-7-5/h4-11,19H,14H2,1-3H3;1H,2-4H3;1-3H3. The molecule has 0 N–H and O–H groups in total. The van der Waals surface area contributed by atoms with Gasteiger partial charge in [0.05, 0.1) is 11.7 Å². The Kier molecular flexibility index (Phi) is 10.5. The number of hydrogen-bond acceptors (Lipinski definition) is 2. The summed E-state index contributed by atoms with van der Waals surface area (Å²) < 4.78 is 6.33. The summed E-state index contributed by atoms with van der Waals surface area (Å²) in [4.78, 5) is 2.63. The van der Waals surface area contributed by atoms with Gasteiger partial charge in [-0.3, -0.25) is 0 Å². The number of rotatable bonds is 1. The highest BCUT2D eigenvalue weighted by Gasteiger charge is 2.24. The molecule has 0 aromatic heterocycles. The molecule has 0 saturated carbocycles. The third-order valence-electron chi connectivity index (χ3n) is 4.34. The molecule has 2 aromatic carbocycles. The minimum absolute atomic E-state index is 0.0388. The largest absolute Gasteiger partial charge is 0.368 e. The van der Waals surface area contributed by atoms with Crippen molar-refractivity contribution >= 4 is 0 Å². The topological polar surface area (TPSA) is 58.0 Å². The molecule has 3 rings (SSSR count). The van der Waals surface area contributed by atoms with Crippen LogP contribution in [-0.2, 0) is 11.2 Å². The second-order valence-electron chi connectivity index (χ2n) is 11.2. The molecule has 1 atom stereocenters. The summed E-state index contributed by atoms with van der Waals surface area (Å²) in [7, 11) is 0. The van der Waals surface area contributed by atoms with E-state index in [9.17, 15) is 0 Å². The van der Waals surface area contributed by atoms with Crippen molar-refractivity contribution in [2.45, 2.75) is 86.0 Å². The Bertz CT molecular complexity index is 1090. The first kappa shape index (κ1) is 28.9. The molecule has 0 radical (unpaired) electrons. The Balaban J connectivity index is 0.000000369. The second kappa shape index (κ2) is 12.3. The first-order valence-electron chi connectivity index (χ1n) is 11.6. The third kappa shape index (κ3) is 11.6. The van der Waals surface area contributed by atoms with E-state index in [1.807, 2.05) is 53.7 Å². The van der Waals surface area contributed by atoms with Crippen LogP contribution in [0.15, 0.2) is 53.6 Å². The van der Waals surface area contributed by atoms with E-state index in [4.69, 9.17) is 16.7 Å². The number of benzene rings is 2. The van der Waals surface area contributed by atoms with Crippen molar-refractivity contribution in [2.75, 3.05) is 0 Å². The fraction of sp³-hybridized carbons (Fsp3) is 0.467. The van der Waals surface area contributed by atoms with Crippen LogP contribution in [0.2, 0.25) is 0 Å². The van der Waals surface area contributed by atoms with Gasteiger partial charge in [-0.1, -0.05) is 74.1 Å². The summed E-state index contributed by atoms with van der Waals surface area (Å²) >= 11 is 0. The molecular formula is C30H39N3O. The Labute approximate surface area is 206 Å². The van der Waals surface area contributed by atoms with Gasteiger partial charge in [0, 0.05) is 33.4 Å². The number of hydrogen-bond donors (Lipinski definition) is 0. The number of terminal acetylenes is 1. The van der Waals surface area contributed by atoms with Crippen molar-refractivity contribution in [2.24, 2.45) is 10.5 Å². The number of nitrogens with zero attached hydrogens (tertiary/aromatic N) is 3. The lowest BCUT2D eigenvalue weighted by Gasteiger charge is -2.29. The predicted molar refractivity (Wildman–Crippen MR) is 143 cm³/mol. The SMILES string of the molecule is C#CC(C)(C)C.CC(C)(C)N=[N+]=[N-].CC(C)(C)OC1Cc2ccccc2C#Cc2ccccc21. The molecule has 0 amide bonds. The van der Waals surface area contributed by atoms with Crippen LogP contribution in [0.1, 0.15) is 90.7 Å². The number of azide groups is 1. The van der Waals surface area contributed by atoms with E-state index in [0.717, 1.165) is 17.5 Å². The molecule has 0 aliphatic heterocycles. The average Bonchev–Trinajstić information content (AvgIpc) is 2.70. The van der Waals surface area contributed by atoms with E-state index in [1.54, 1.807) is 0 Å². The van der Waals surface area contributed by atoms with E-state index in [1.165, 1.54) is 11.1 Å². The van der Waals surface area contributed by atoms with Gasteiger partial charge in [-0.05, 0) is 70.3 Å². The van der Waals surface area contributed by atoms with Crippen molar-refractivity contribution in [3.05, 3.63) is 81.2 Å². The zero-order valence-corrected chi connectivity index (χ0v) is 22.2. The highest BCUT2D eigenvalue weighted by atomic mass is 16.5. The third-order valence-corrected chi connectivity index (χ3v) is 4.34. The molecule has 0 fully saturated rings. The Morgan fingerprint density at radius 3 is 1.88 bits per heavy atom. The van der Waals surface area contributed by atoms with Crippen LogP contribution in [0, 0.1) is 29.6 Å². The molecule has 0 bridgehead atoms. The van der Waals surface area contributed by atoms with Gasteiger partial charge < -0.3 is 4.74 Å². The van der Waals surface area contributed by atoms with Crippen molar-refractivity contribution < 1.29 is 4.74 Å². The molecular weight excluding hydrogens is 418 g/mol. The molecule has 0 saturated heterocycles. The zero-order valence-electron chi connectivity index (χ0n) is 22.2. The average molecular weight is 458 g/mol. The first-order valence-corrected chi connectivity index (χ1v) is 11.6. The maximum Gasteiger partial charge on any atom is 0.0884 e. The molecule has 2 aromatic rings. The quantitative estimate of drug-likeness (QED) is 0.184. The second-order valence-corrected chi connectivity index (χ2v) is 11.2. The van der Waals surface area contributed by atoms with Gasteiger partial charge in [0.15, 0.2) is 0 Å². The lowest BCUT2D eigenvalue weighted by molar-refractivity contribution is -0.0615. The van der Waals surface area contributed by atoms with Gasteiger partial charge in [-0.2, -0.15) is 0 Å². The Hall–Kier alpha value is -3.17. The first-order chi connectivity index (χ1) is 15.6. The fourth-order valence-electron chi connectivity index (χ4n) is 2.82. The molecule has 0 spiro atoms. The van der Waals surface area contributed by atoms with Crippen LogP contribution in [0.4, 0.5) is 0 Å². The minimum Gasteiger partial charge on any atom is -0.368 e. The number of ether oxygens (including phenoxy) is 1. The zero-order chi connectivity index (χ0) is 26.0. The van der Waals surface area contributed by atoms with Crippen LogP contribution in [-0.4, -0.2) is 11.1 Å². The van der Waals surface area contributed by atoms with E-state index < -0.39 is 0 Å². The van der Waals surface area contributed by atoms with Crippen LogP contribution >= 0.6 is 0 Å². The predicted octanol–water partition coefficient (Wildman–Crippen LogP) is 8.26. The fourth-order valence-corrected chi connectivity index (χ4v) is 2.82.